The molecule has 0 saturated carbocycles. The Labute approximate surface area is 86.7 Å². The van der Waals surface area contributed by atoms with E-state index >= 15 is 0 Å². The Morgan fingerprint density at radius 1 is 1.57 bits per heavy atom. The van der Waals surface area contributed by atoms with Crippen molar-refractivity contribution in [3.8, 4) is 0 Å². The Balaban J connectivity index is 0.000000791. The molecule has 0 radical (unpaired) electrons. The molecule has 0 spiro atoms. The molecule has 0 aliphatic rings. The summed E-state index contributed by atoms with van der Waals surface area (Å²) in [5.41, 5.74) is 3.33. The summed E-state index contributed by atoms with van der Waals surface area (Å²) >= 11 is 0. The maximum absolute atomic E-state index is 4.16. The average Bonchev–Trinajstić information content (AvgIpc) is 2.64. The van der Waals surface area contributed by atoms with E-state index in [1.54, 1.807) is 6.08 Å². The molecule has 0 aliphatic heterocycles. The zero-order chi connectivity index (χ0) is 11.0. The van der Waals surface area contributed by atoms with E-state index in [1.807, 2.05) is 32.9 Å². The quantitative estimate of drug-likeness (QED) is 0.726. The van der Waals surface area contributed by atoms with Crippen molar-refractivity contribution in [2.24, 2.45) is 0 Å². The third-order valence-electron chi connectivity index (χ3n) is 1.73. The van der Waals surface area contributed by atoms with Gasteiger partial charge in [-0.25, -0.2) is 0 Å². The van der Waals surface area contributed by atoms with Gasteiger partial charge in [0.05, 0.1) is 5.69 Å². The van der Waals surface area contributed by atoms with E-state index in [9.17, 15) is 0 Å². The van der Waals surface area contributed by atoms with Gasteiger partial charge in [-0.3, -0.25) is 5.10 Å². The zero-order valence-corrected chi connectivity index (χ0v) is 9.59. The van der Waals surface area contributed by atoms with Gasteiger partial charge in [0.15, 0.2) is 0 Å². The summed E-state index contributed by atoms with van der Waals surface area (Å²) in [5.74, 6) is 0. The van der Waals surface area contributed by atoms with E-state index in [4.69, 9.17) is 0 Å². The molecule has 0 saturated heterocycles. The van der Waals surface area contributed by atoms with E-state index in [-0.39, 0.29) is 0 Å². The number of aromatic amines is 1. The topological polar surface area (TPSA) is 28.7 Å². The number of nitrogens with one attached hydrogen (secondary N) is 1. The largest absolute Gasteiger partial charge is 0.282 e. The van der Waals surface area contributed by atoms with Crippen molar-refractivity contribution in [2.75, 3.05) is 0 Å². The van der Waals surface area contributed by atoms with Crippen LogP contribution in [0.1, 0.15) is 38.6 Å². The smallest absolute Gasteiger partial charge is 0.0882 e. The Kier molecular flexibility index (Phi) is 6.46. The van der Waals surface area contributed by atoms with Gasteiger partial charge in [0.25, 0.3) is 0 Å². The standard InChI is InChI=1S/C10H14N2.C2H6/c1-4-6-9(5-2)10-7-8(3)11-12-10;1-2/h4,6-7H,1,5H2,2-3H3,(H,11,12);1-2H3/b9-6+;. The summed E-state index contributed by atoms with van der Waals surface area (Å²) in [6.45, 7) is 11.8. The van der Waals surface area contributed by atoms with Crippen LogP contribution in [0, 0.1) is 6.92 Å². The minimum absolute atomic E-state index is 0.982. The molecule has 0 aromatic carbocycles. The normalized spacial score (nSPS) is 10.4. The van der Waals surface area contributed by atoms with Gasteiger partial charge in [0.1, 0.15) is 0 Å². The van der Waals surface area contributed by atoms with Gasteiger partial charge in [-0.05, 0) is 25.0 Å². The minimum Gasteiger partial charge on any atom is -0.282 e. The van der Waals surface area contributed by atoms with Crippen LogP contribution in [0.15, 0.2) is 24.8 Å². The highest BCUT2D eigenvalue weighted by molar-refractivity contribution is 5.63. The van der Waals surface area contributed by atoms with E-state index in [2.05, 4.69) is 23.7 Å². The molecular formula is C12H20N2. The van der Waals surface area contributed by atoms with Crippen LogP contribution in [0.3, 0.4) is 0 Å². The first-order chi connectivity index (χ1) is 6.77. The van der Waals surface area contributed by atoms with Crippen molar-refractivity contribution in [3.63, 3.8) is 0 Å². The molecule has 1 rings (SSSR count). The minimum atomic E-state index is 0.982. The average molecular weight is 192 g/mol. The van der Waals surface area contributed by atoms with Crippen LogP contribution < -0.4 is 0 Å². The number of aromatic nitrogens is 2. The maximum Gasteiger partial charge on any atom is 0.0882 e. The van der Waals surface area contributed by atoms with E-state index < -0.39 is 0 Å². The van der Waals surface area contributed by atoms with Crippen molar-refractivity contribution < 1.29 is 0 Å². The number of aryl methyl sites for hydroxylation is 1. The summed E-state index contributed by atoms with van der Waals surface area (Å²) in [5, 5.41) is 7.08. The van der Waals surface area contributed by atoms with Crippen LogP contribution in [0.25, 0.3) is 5.57 Å². The molecule has 0 amide bonds. The molecule has 1 heterocycles. The second-order valence-electron chi connectivity index (χ2n) is 2.72. The summed E-state index contributed by atoms with van der Waals surface area (Å²) in [4.78, 5) is 0. The van der Waals surface area contributed by atoms with E-state index in [0.717, 1.165) is 17.8 Å². The van der Waals surface area contributed by atoms with Crippen molar-refractivity contribution in [1.29, 1.82) is 0 Å². The van der Waals surface area contributed by atoms with Crippen LogP contribution >= 0.6 is 0 Å². The third kappa shape index (κ3) is 3.60. The number of H-pyrrole nitrogens is 1. The lowest BCUT2D eigenvalue weighted by Crippen LogP contribution is -1.81. The lowest BCUT2D eigenvalue weighted by molar-refractivity contribution is 1.03. The van der Waals surface area contributed by atoms with Crippen molar-refractivity contribution in [1.82, 2.24) is 10.2 Å². The van der Waals surface area contributed by atoms with Crippen molar-refractivity contribution >= 4 is 5.57 Å². The first-order valence-electron chi connectivity index (χ1n) is 5.12. The zero-order valence-electron chi connectivity index (χ0n) is 9.59. The highest BCUT2D eigenvalue weighted by Gasteiger charge is 2.00. The van der Waals surface area contributed by atoms with Crippen molar-refractivity contribution in [2.45, 2.75) is 34.1 Å². The second kappa shape index (κ2) is 7.13. The molecule has 1 aromatic heterocycles. The third-order valence-corrected chi connectivity index (χ3v) is 1.73. The van der Waals surface area contributed by atoms with Crippen molar-refractivity contribution in [3.05, 3.63) is 36.2 Å². The number of allylic oxidation sites excluding steroid dienone is 3. The Hall–Kier alpha value is -1.31. The predicted octanol–water partition coefficient (Wildman–Crippen LogP) is 3.72. The highest BCUT2D eigenvalue weighted by atomic mass is 15.1. The number of nitrogens with zero attached hydrogens (tertiary/aromatic N) is 1. The van der Waals surface area contributed by atoms with Gasteiger partial charge in [-0.1, -0.05) is 39.5 Å². The molecule has 1 aromatic rings. The summed E-state index contributed by atoms with van der Waals surface area (Å²) in [6, 6.07) is 2.04. The summed E-state index contributed by atoms with van der Waals surface area (Å²) in [6.07, 6.45) is 4.77. The van der Waals surface area contributed by atoms with E-state index in [0.29, 0.717) is 0 Å². The molecule has 0 bridgehead atoms. The van der Waals surface area contributed by atoms with Gasteiger partial charge in [0, 0.05) is 5.69 Å². The molecule has 1 N–H and O–H groups in total. The molecular weight excluding hydrogens is 172 g/mol. The lowest BCUT2D eigenvalue weighted by atomic mass is 10.1. The summed E-state index contributed by atoms with van der Waals surface area (Å²) < 4.78 is 0. The highest BCUT2D eigenvalue weighted by Crippen LogP contribution is 2.15. The van der Waals surface area contributed by atoms with Gasteiger partial charge in [-0.2, -0.15) is 5.10 Å². The molecule has 0 atom stereocenters. The monoisotopic (exact) mass is 192 g/mol. The fourth-order valence-electron chi connectivity index (χ4n) is 1.11. The maximum atomic E-state index is 4.16. The Morgan fingerprint density at radius 3 is 2.57 bits per heavy atom. The Bertz CT molecular complexity index is 295. The fraction of sp³-hybridized carbons (Fsp3) is 0.417. The van der Waals surface area contributed by atoms with Crippen LogP contribution in [0.4, 0.5) is 0 Å². The molecule has 0 aliphatic carbocycles. The summed E-state index contributed by atoms with van der Waals surface area (Å²) in [7, 11) is 0. The number of rotatable bonds is 3. The van der Waals surface area contributed by atoms with Gasteiger partial charge < -0.3 is 0 Å². The SMILES string of the molecule is C=C/C=C(\CC)c1cc(C)[nH]n1.CC. The lowest BCUT2D eigenvalue weighted by Gasteiger charge is -1.96. The number of hydrogen-bond donors (Lipinski definition) is 1. The first-order valence-corrected chi connectivity index (χ1v) is 5.12. The predicted molar refractivity (Wildman–Crippen MR) is 63.1 cm³/mol. The Morgan fingerprint density at radius 2 is 2.21 bits per heavy atom. The molecule has 2 heteroatoms. The molecule has 0 unspecified atom stereocenters. The van der Waals surface area contributed by atoms with Crippen LogP contribution in [0.5, 0.6) is 0 Å². The van der Waals surface area contributed by atoms with Crippen LogP contribution in [-0.2, 0) is 0 Å². The van der Waals surface area contributed by atoms with E-state index in [1.165, 1.54) is 5.57 Å². The van der Waals surface area contributed by atoms with Gasteiger partial charge in [-0.15, -0.1) is 0 Å². The first kappa shape index (κ1) is 12.7. The van der Waals surface area contributed by atoms with Gasteiger partial charge >= 0.3 is 0 Å². The molecule has 2 nitrogen and oxygen atoms in total. The van der Waals surface area contributed by atoms with Crippen LogP contribution in [-0.4, -0.2) is 10.2 Å². The number of hydrogen-bond acceptors (Lipinski definition) is 1. The molecule has 0 fully saturated rings. The molecule has 78 valence electrons. The fourth-order valence-corrected chi connectivity index (χ4v) is 1.11. The molecule has 14 heavy (non-hydrogen) atoms. The van der Waals surface area contributed by atoms with Crippen LogP contribution in [0.2, 0.25) is 0 Å². The second-order valence-corrected chi connectivity index (χ2v) is 2.72. The van der Waals surface area contributed by atoms with Gasteiger partial charge in [0.2, 0.25) is 0 Å².